The monoisotopic (exact) mass is 267 g/mol. The van der Waals surface area contributed by atoms with Gasteiger partial charge in [-0.1, -0.05) is 0 Å². The topological polar surface area (TPSA) is 51.0 Å². The Kier molecular flexibility index (Phi) is 3.34. The van der Waals surface area contributed by atoms with Gasteiger partial charge in [0.15, 0.2) is 0 Å². The molecular weight excluding hydrogens is 258 g/mol. The van der Waals surface area contributed by atoms with Crippen LogP contribution in [0.15, 0.2) is 39.8 Å². The fourth-order valence-electron chi connectivity index (χ4n) is 1.20. The third-order valence-corrected chi connectivity index (χ3v) is 2.32. The molecular formula is C10H10BrN3O. The summed E-state index contributed by atoms with van der Waals surface area (Å²) < 4.78 is 5.99. The molecule has 2 heterocycles. The molecule has 0 aromatic carbocycles. The molecule has 4 nitrogen and oxygen atoms in total. The first kappa shape index (κ1) is 10.2. The molecule has 0 aliphatic rings. The fraction of sp³-hybridized carbons (Fsp3) is 0.200. The van der Waals surface area contributed by atoms with Crippen molar-refractivity contribution in [2.75, 3.05) is 11.9 Å². The van der Waals surface area contributed by atoms with Gasteiger partial charge in [0.2, 0.25) is 0 Å². The number of aromatic nitrogens is 2. The molecule has 0 spiro atoms. The normalized spacial score (nSPS) is 10.2. The van der Waals surface area contributed by atoms with Crippen molar-refractivity contribution in [2.45, 2.75) is 6.42 Å². The summed E-state index contributed by atoms with van der Waals surface area (Å²) in [5, 5.41) is 3.18. The Morgan fingerprint density at radius 2 is 2.33 bits per heavy atom. The van der Waals surface area contributed by atoms with E-state index in [2.05, 4.69) is 31.2 Å². The van der Waals surface area contributed by atoms with Crippen LogP contribution in [0.2, 0.25) is 0 Å². The van der Waals surface area contributed by atoms with Crippen LogP contribution in [0.5, 0.6) is 0 Å². The largest absolute Gasteiger partial charge is 0.469 e. The number of furan rings is 1. The Morgan fingerprint density at radius 1 is 1.40 bits per heavy atom. The maximum Gasteiger partial charge on any atom is 0.130 e. The van der Waals surface area contributed by atoms with Crippen molar-refractivity contribution >= 4 is 21.7 Å². The van der Waals surface area contributed by atoms with Crippen molar-refractivity contribution in [3.8, 4) is 0 Å². The van der Waals surface area contributed by atoms with Crippen LogP contribution in [0.1, 0.15) is 5.76 Å². The van der Waals surface area contributed by atoms with Gasteiger partial charge in [0.1, 0.15) is 22.5 Å². The zero-order chi connectivity index (χ0) is 10.5. The van der Waals surface area contributed by atoms with E-state index >= 15 is 0 Å². The third kappa shape index (κ3) is 3.06. The Morgan fingerprint density at radius 3 is 3.07 bits per heavy atom. The summed E-state index contributed by atoms with van der Waals surface area (Å²) in [5.41, 5.74) is 0. The standard InChI is InChI=1S/C10H10BrN3O/c11-9-6-10(14-7-13-9)12-4-3-8-2-1-5-15-8/h1-2,5-7H,3-4H2,(H,12,13,14). The van der Waals surface area contributed by atoms with Crippen molar-refractivity contribution in [1.29, 1.82) is 0 Å². The van der Waals surface area contributed by atoms with E-state index in [1.165, 1.54) is 6.33 Å². The van der Waals surface area contributed by atoms with E-state index in [-0.39, 0.29) is 0 Å². The van der Waals surface area contributed by atoms with Gasteiger partial charge in [-0.25, -0.2) is 9.97 Å². The van der Waals surface area contributed by atoms with Crippen LogP contribution in [0.3, 0.4) is 0 Å². The van der Waals surface area contributed by atoms with Gasteiger partial charge < -0.3 is 9.73 Å². The van der Waals surface area contributed by atoms with Crippen LogP contribution in [0, 0.1) is 0 Å². The number of nitrogens with one attached hydrogen (secondary N) is 1. The first-order valence-corrected chi connectivity index (χ1v) is 5.38. The van der Waals surface area contributed by atoms with Gasteiger partial charge in [0.25, 0.3) is 0 Å². The van der Waals surface area contributed by atoms with Gasteiger partial charge in [-0.2, -0.15) is 0 Å². The van der Waals surface area contributed by atoms with Crippen molar-refractivity contribution < 1.29 is 4.42 Å². The molecule has 15 heavy (non-hydrogen) atoms. The highest BCUT2D eigenvalue weighted by atomic mass is 79.9. The zero-order valence-electron chi connectivity index (χ0n) is 7.98. The quantitative estimate of drug-likeness (QED) is 0.865. The predicted octanol–water partition coefficient (Wildman–Crippen LogP) is 2.49. The van der Waals surface area contributed by atoms with Crippen LogP contribution in [-0.2, 0) is 6.42 Å². The van der Waals surface area contributed by atoms with Gasteiger partial charge in [0, 0.05) is 19.0 Å². The number of rotatable bonds is 4. The second-order valence-corrected chi connectivity index (χ2v) is 3.79. The van der Waals surface area contributed by atoms with Gasteiger partial charge in [-0.3, -0.25) is 0 Å². The van der Waals surface area contributed by atoms with E-state index in [1.807, 2.05) is 18.2 Å². The molecule has 5 heteroatoms. The highest BCUT2D eigenvalue weighted by Gasteiger charge is 1.97. The van der Waals surface area contributed by atoms with E-state index in [1.54, 1.807) is 6.26 Å². The predicted molar refractivity (Wildman–Crippen MR) is 60.6 cm³/mol. The summed E-state index contributed by atoms with van der Waals surface area (Å²) in [6.07, 6.45) is 4.03. The molecule has 0 aliphatic heterocycles. The smallest absolute Gasteiger partial charge is 0.130 e. The second kappa shape index (κ2) is 4.93. The average molecular weight is 268 g/mol. The molecule has 0 saturated carbocycles. The zero-order valence-corrected chi connectivity index (χ0v) is 9.57. The molecule has 0 radical (unpaired) electrons. The van der Waals surface area contributed by atoms with E-state index in [0.29, 0.717) is 0 Å². The summed E-state index contributed by atoms with van der Waals surface area (Å²) in [4.78, 5) is 8.02. The summed E-state index contributed by atoms with van der Waals surface area (Å²) >= 11 is 3.28. The summed E-state index contributed by atoms with van der Waals surface area (Å²) in [5.74, 6) is 1.78. The van der Waals surface area contributed by atoms with Crippen LogP contribution in [-0.4, -0.2) is 16.5 Å². The maximum absolute atomic E-state index is 5.21. The first-order chi connectivity index (χ1) is 7.34. The van der Waals surface area contributed by atoms with E-state index < -0.39 is 0 Å². The molecule has 2 aromatic heterocycles. The van der Waals surface area contributed by atoms with Crippen molar-refractivity contribution in [3.05, 3.63) is 41.2 Å². The Labute approximate surface area is 95.9 Å². The molecule has 1 N–H and O–H groups in total. The highest BCUT2D eigenvalue weighted by molar-refractivity contribution is 9.10. The van der Waals surface area contributed by atoms with Crippen LogP contribution < -0.4 is 5.32 Å². The number of hydrogen-bond acceptors (Lipinski definition) is 4. The molecule has 0 amide bonds. The van der Waals surface area contributed by atoms with Crippen LogP contribution in [0.25, 0.3) is 0 Å². The molecule has 2 aromatic rings. The molecule has 0 unspecified atom stereocenters. The van der Waals surface area contributed by atoms with Gasteiger partial charge in [-0.15, -0.1) is 0 Å². The maximum atomic E-state index is 5.21. The van der Waals surface area contributed by atoms with E-state index in [0.717, 1.165) is 29.1 Å². The second-order valence-electron chi connectivity index (χ2n) is 2.98. The molecule has 0 fully saturated rings. The molecule has 0 bridgehead atoms. The summed E-state index contributed by atoms with van der Waals surface area (Å²) in [6, 6.07) is 5.68. The number of hydrogen-bond donors (Lipinski definition) is 1. The number of anilines is 1. The molecule has 78 valence electrons. The lowest BCUT2D eigenvalue weighted by Gasteiger charge is -2.03. The van der Waals surface area contributed by atoms with Crippen molar-refractivity contribution in [3.63, 3.8) is 0 Å². The molecule has 0 saturated heterocycles. The highest BCUT2D eigenvalue weighted by Crippen LogP contribution is 2.09. The lowest BCUT2D eigenvalue weighted by Crippen LogP contribution is -2.05. The SMILES string of the molecule is Brc1cc(NCCc2ccco2)ncn1. The molecule has 0 aliphatic carbocycles. The minimum atomic E-state index is 0.776. The summed E-state index contributed by atoms with van der Waals surface area (Å²) in [7, 11) is 0. The van der Waals surface area contributed by atoms with E-state index in [4.69, 9.17) is 4.42 Å². The fourth-order valence-corrected chi connectivity index (χ4v) is 1.51. The van der Waals surface area contributed by atoms with Gasteiger partial charge in [-0.05, 0) is 28.1 Å². The van der Waals surface area contributed by atoms with E-state index in [9.17, 15) is 0 Å². The van der Waals surface area contributed by atoms with Crippen molar-refractivity contribution in [1.82, 2.24) is 9.97 Å². The first-order valence-electron chi connectivity index (χ1n) is 4.58. The average Bonchev–Trinajstić information content (AvgIpc) is 2.71. The molecule has 0 atom stereocenters. The summed E-state index contributed by atoms with van der Waals surface area (Å²) in [6.45, 7) is 0.789. The van der Waals surface area contributed by atoms with Crippen LogP contribution >= 0.6 is 15.9 Å². The van der Waals surface area contributed by atoms with Gasteiger partial charge in [0.05, 0.1) is 6.26 Å². The van der Waals surface area contributed by atoms with Crippen molar-refractivity contribution in [2.24, 2.45) is 0 Å². The Hall–Kier alpha value is -1.36. The lowest BCUT2D eigenvalue weighted by molar-refractivity contribution is 0.513. The van der Waals surface area contributed by atoms with Crippen LogP contribution in [0.4, 0.5) is 5.82 Å². The third-order valence-electron chi connectivity index (χ3n) is 1.89. The Balaban J connectivity index is 1.83. The number of nitrogens with zero attached hydrogens (tertiary/aromatic N) is 2. The minimum absolute atomic E-state index is 0.776. The minimum Gasteiger partial charge on any atom is -0.469 e. The number of halogens is 1. The Bertz CT molecular complexity index is 416. The lowest BCUT2D eigenvalue weighted by atomic mass is 10.3. The van der Waals surface area contributed by atoms with Gasteiger partial charge >= 0.3 is 0 Å². The molecule has 2 rings (SSSR count).